The first-order chi connectivity index (χ1) is 8.60. The minimum Gasteiger partial charge on any atom is -0.495 e. The maximum atomic E-state index is 6.00. The Kier molecular flexibility index (Phi) is 4.40. The highest BCUT2D eigenvalue weighted by atomic mass is 35.5. The van der Waals surface area contributed by atoms with Crippen LogP contribution in [0, 0.1) is 5.92 Å². The molecule has 0 amide bonds. The maximum absolute atomic E-state index is 6.00. The maximum Gasteiger partial charge on any atom is 0.161 e. The number of halogens is 1. The molecule has 1 N–H and O–H groups in total. The van der Waals surface area contributed by atoms with Gasteiger partial charge in [-0.1, -0.05) is 37.2 Å². The van der Waals surface area contributed by atoms with Gasteiger partial charge < -0.3 is 10.1 Å². The molecule has 1 aromatic carbocycles. The first kappa shape index (κ1) is 13.6. The molecule has 1 aromatic rings. The van der Waals surface area contributed by atoms with Gasteiger partial charge in [-0.3, -0.25) is 4.99 Å². The predicted octanol–water partition coefficient (Wildman–Crippen LogP) is 3.89. The number of ether oxygens (including phenoxy) is 1. The number of amidine groups is 1. The standard InChI is InChI=1S/C13H17ClN2OS/c1-8(2)11-7-18-13(16-11)15-10-6-9(14)4-5-12(10)17-3/h4-6,8,11H,7H2,1-3H3,(H,15,16)/t11-/m1/s1. The van der Waals surface area contributed by atoms with Crippen LogP contribution in [0.4, 0.5) is 5.69 Å². The van der Waals surface area contributed by atoms with Gasteiger partial charge in [-0.25, -0.2) is 0 Å². The van der Waals surface area contributed by atoms with E-state index in [1.807, 2.05) is 18.2 Å². The minimum absolute atomic E-state index is 0.391. The third-order valence-corrected chi connectivity index (χ3v) is 4.07. The van der Waals surface area contributed by atoms with E-state index in [1.165, 1.54) is 0 Å². The van der Waals surface area contributed by atoms with Crippen LogP contribution in [0.15, 0.2) is 23.2 Å². The van der Waals surface area contributed by atoms with Gasteiger partial charge in [-0.15, -0.1) is 0 Å². The molecule has 1 aliphatic rings. The number of hydrogen-bond donors (Lipinski definition) is 1. The number of methoxy groups -OCH3 is 1. The van der Waals surface area contributed by atoms with Gasteiger partial charge in [-0.2, -0.15) is 0 Å². The van der Waals surface area contributed by atoms with Crippen LogP contribution in [0.1, 0.15) is 13.8 Å². The van der Waals surface area contributed by atoms with E-state index in [2.05, 4.69) is 24.2 Å². The number of nitrogens with zero attached hydrogens (tertiary/aromatic N) is 1. The predicted molar refractivity (Wildman–Crippen MR) is 80.1 cm³/mol. The van der Waals surface area contributed by atoms with Crippen molar-refractivity contribution < 1.29 is 4.74 Å². The first-order valence-corrected chi connectivity index (χ1v) is 7.27. The summed E-state index contributed by atoms with van der Waals surface area (Å²) >= 11 is 7.74. The van der Waals surface area contributed by atoms with Gasteiger partial charge >= 0.3 is 0 Å². The minimum atomic E-state index is 0.391. The summed E-state index contributed by atoms with van der Waals surface area (Å²) in [5.41, 5.74) is 0.862. The van der Waals surface area contributed by atoms with Gasteiger partial charge in [0.2, 0.25) is 0 Å². The molecule has 0 radical (unpaired) electrons. The number of anilines is 1. The SMILES string of the molecule is COc1ccc(Cl)cc1NC1=N[C@@H](C(C)C)CS1. The number of thioether (sulfide) groups is 1. The average Bonchev–Trinajstić information content (AvgIpc) is 2.78. The van der Waals surface area contributed by atoms with E-state index in [-0.39, 0.29) is 0 Å². The van der Waals surface area contributed by atoms with Crippen LogP contribution in [0.5, 0.6) is 5.75 Å². The second-order valence-electron chi connectivity index (χ2n) is 4.53. The molecule has 3 nitrogen and oxygen atoms in total. The topological polar surface area (TPSA) is 33.6 Å². The van der Waals surface area contributed by atoms with Crippen molar-refractivity contribution in [1.29, 1.82) is 0 Å². The molecule has 0 aliphatic carbocycles. The third-order valence-electron chi connectivity index (χ3n) is 2.85. The number of hydrogen-bond acceptors (Lipinski definition) is 4. The molecule has 98 valence electrons. The highest BCUT2D eigenvalue weighted by molar-refractivity contribution is 8.14. The molecular formula is C13H17ClN2OS. The average molecular weight is 285 g/mol. The first-order valence-electron chi connectivity index (χ1n) is 5.91. The zero-order chi connectivity index (χ0) is 13.1. The molecule has 0 unspecified atom stereocenters. The highest BCUT2D eigenvalue weighted by Crippen LogP contribution is 2.31. The summed E-state index contributed by atoms with van der Waals surface area (Å²) in [6.45, 7) is 4.38. The lowest BCUT2D eigenvalue weighted by Gasteiger charge is -2.10. The lowest BCUT2D eigenvalue weighted by Crippen LogP contribution is -2.12. The largest absolute Gasteiger partial charge is 0.495 e. The van der Waals surface area contributed by atoms with Gasteiger partial charge in [0.1, 0.15) is 5.75 Å². The smallest absolute Gasteiger partial charge is 0.161 e. The summed E-state index contributed by atoms with van der Waals surface area (Å²) in [5, 5.41) is 4.91. The summed E-state index contributed by atoms with van der Waals surface area (Å²) in [6, 6.07) is 5.91. The van der Waals surface area contributed by atoms with Gasteiger partial charge in [-0.05, 0) is 24.1 Å². The molecule has 0 saturated heterocycles. The van der Waals surface area contributed by atoms with E-state index in [0.29, 0.717) is 17.0 Å². The Labute approximate surface area is 117 Å². The molecule has 2 rings (SSSR count). The Hall–Kier alpha value is -0.870. The number of benzene rings is 1. The van der Waals surface area contributed by atoms with Crippen molar-refractivity contribution in [3.63, 3.8) is 0 Å². The van der Waals surface area contributed by atoms with Crippen molar-refractivity contribution in [3.8, 4) is 5.75 Å². The Morgan fingerprint density at radius 3 is 2.89 bits per heavy atom. The van der Waals surface area contributed by atoms with E-state index < -0.39 is 0 Å². The van der Waals surface area contributed by atoms with Crippen LogP contribution < -0.4 is 10.1 Å². The van der Waals surface area contributed by atoms with Gasteiger partial charge in [0.15, 0.2) is 5.17 Å². The second kappa shape index (κ2) is 5.85. The van der Waals surface area contributed by atoms with Crippen LogP contribution in [-0.2, 0) is 0 Å². The molecule has 18 heavy (non-hydrogen) atoms. The lowest BCUT2D eigenvalue weighted by molar-refractivity contribution is 0.417. The summed E-state index contributed by atoms with van der Waals surface area (Å²) in [5.74, 6) is 2.37. The van der Waals surface area contributed by atoms with Crippen LogP contribution >= 0.6 is 23.4 Å². The molecule has 0 spiro atoms. The molecule has 1 heterocycles. The Bertz CT molecular complexity index is 462. The molecule has 1 atom stereocenters. The van der Waals surface area contributed by atoms with Crippen LogP contribution in [0.3, 0.4) is 0 Å². The zero-order valence-corrected chi connectivity index (χ0v) is 12.3. The number of rotatable bonds is 3. The van der Waals surface area contributed by atoms with Crippen LogP contribution in [0.2, 0.25) is 5.02 Å². The summed E-state index contributed by atoms with van der Waals surface area (Å²) in [4.78, 5) is 4.66. The molecule has 0 fully saturated rings. The fourth-order valence-electron chi connectivity index (χ4n) is 1.69. The molecule has 0 saturated carbocycles. The van der Waals surface area contributed by atoms with Crippen molar-refractivity contribution in [3.05, 3.63) is 23.2 Å². The van der Waals surface area contributed by atoms with Gasteiger partial charge in [0, 0.05) is 10.8 Å². The van der Waals surface area contributed by atoms with Crippen molar-refractivity contribution in [2.45, 2.75) is 19.9 Å². The highest BCUT2D eigenvalue weighted by Gasteiger charge is 2.21. The Balaban J connectivity index is 2.15. The van der Waals surface area contributed by atoms with E-state index >= 15 is 0 Å². The van der Waals surface area contributed by atoms with E-state index in [4.69, 9.17) is 16.3 Å². The lowest BCUT2D eigenvalue weighted by atomic mass is 10.1. The van der Waals surface area contributed by atoms with Crippen molar-refractivity contribution in [1.82, 2.24) is 0 Å². The molecule has 5 heteroatoms. The fourth-order valence-corrected chi connectivity index (χ4v) is 3.04. The summed E-state index contributed by atoms with van der Waals surface area (Å²) < 4.78 is 5.30. The molecule has 0 aromatic heterocycles. The van der Waals surface area contributed by atoms with Crippen molar-refractivity contribution in [2.75, 3.05) is 18.2 Å². The monoisotopic (exact) mass is 284 g/mol. The molecule has 0 bridgehead atoms. The van der Waals surface area contributed by atoms with E-state index in [9.17, 15) is 0 Å². The molecular weight excluding hydrogens is 268 g/mol. The van der Waals surface area contributed by atoms with Crippen molar-refractivity contribution >= 4 is 34.2 Å². The normalized spacial score (nSPS) is 18.9. The quantitative estimate of drug-likeness (QED) is 0.914. The third kappa shape index (κ3) is 3.12. The van der Waals surface area contributed by atoms with Gasteiger partial charge in [0.05, 0.1) is 18.8 Å². The summed E-state index contributed by atoms with van der Waals surface area (Å²) in [6.07, 6.45) is 0. The number of aliphatic imine (C=N–C) groups is 1. The number of nitrogens with one attached hydrogen (secondary N) is 1. The van der Waals surface area contributed by atoms with Crippen LogP contribution in [-0.4, -0.2) is 24.1 Å². The Morgan fingerprint density at radius 1 is 1.50 bits per heavy atom. The Morgan fingerprint density at radius 2 is 2.28 bits per heavy atom. The summed E-state index contributed by atoms with van der Waals surface area (Å²) in [7, 11) is 1.65. The molecule has 1 aliphatic heterocycles. The van der Waals surface area contributed by atoms with Gasteiger partial charge in [0.25, 0.3) is 0 Å². The second-order valence-corrected chi connectivity index (χ2v) is 5.97. The zero-order valence-electron chi connectivity index (χ0n) is 10.7. The van der Waals surface area contributed by atoms with E-state index in [0.717, 1.165) is 22.4 Å². The van der Waals surface area contributed by atoms with Crippen LogP contribution in [0.25, 0.3) is 0 Å². The van der Waals surface area contributed by atoms with Crippen molar-refractivity contribution in [2.24, 2.45) is 10.9 Å². The fraction of sp³-hybridized carbons (Fsp3) is 0.462. The van der Waals surface area contributed by atoms with E-state index in [1.54, 1.807) is 18.9 Å².